The molecule has 0 radical (unpaired) electrons. The summed E-state index contributed by atoms with van der Waals surface area (Å²) in [5, 5.41) is 3.46. The van der Waals surface area contributed by atoms with Crippen LogP contribution in [0.15, 0.2) is 0 Å². The minimum absolute atomic E-state index is 0.0298. The quantitative estimate of drug-likeness (QED) is 0.707. The lowest BCUT2D eigenvalue weighted by molar-refractivity contribution is -0.157. The Kier molecular flexibility index (Phi) is 2.75. The van der Waals surface area contributed by atoms with E-state index in [9.17, 15) is 4.79 Å². The highest BCUT2D eigenvalue weighted by Crippen LogP contribution is 2.42. The Hall–Kier alpha value is -0.570. The number of nitrogens with one attached hydrogen (secondary N) is 1. The summed E-state index contributed by atoms with van der Waals surface area (Å²) < 4.78 is 5.33. The van der Waals surface area contributed by atoms with E-state index in [1.165, 1.54) is 6.42 Å². The normalized spacial score (nSPS) is 34.5. The Bertz CT molecular complexity index is 257. The van der Waals surface area contributed by atoms with Gasteiger partial charge in [0.05, 0.1) is 0 Å². The molecule has 1 saturated carbocycles. The molecule has 1 N–H and O–H groups in total. The van der Waals surface area contributed by atoms with E-state index in [1.54, 1.807) is 0 Å². The van der Waals surface area contributed by atoms with E-state index in [4.69, 9.17) is 4.74 Å². The lowest BCUT2D eigenvalue weighted by atomic mass is 9.68. The zero-order valence-corrected chi connectivity index (χ0v) is 9.88. The maximum absolute atomic E-state index is 11.6. The first kappa shape index (κ1) is 10.9. The number of carbonyl (C=O) groups excluding carboxylic acids is 1. The highest BCUT2D eigenvalue weighted by molar-refractivity contribution is 5.70. The van der Waals surface area contributed by atoms with Gasteiger partial charge in [0, 0.05) is 12.5 Å². The number of carbonyl (C=O) groups is 1. The van der Waals surface area contributed by atoms with Gasteiger partial charge in [0.2, 0.25) is 0 Å². The van der Waals surface area contributed by atoms with E-state index in [2.05, 4.69) is 5.32 Å². The van der Waals surface area contributed by atoms with E-state index in [0.29, 0.717) is 18.4 Å². The molecule has 0 aromatic rings. The summed E-state index contributed by atoms with van der Waals surface area (Å²) in [7, 11) is 0. The topological polar surface area (TPSA) is 38.3 Å². The predicted molar refractivity (Wildman–Crippen MR) is 58.5 cm³/mol. The fourth-order valence-electron chi connectivity index (χ4n) is 2.75. The highest BCUT2D eigenvalue weighted by atomic mass is 16.6. The van der Waals surface area contributed by atoms with Gasteiger partial charge in [0.1, 0.15) is 5.60 Å². The van der Waals surface area contributed by atoms with Gasteiger partial charge in [0.15, 0.2) is 0 Å². The first-order chi connectivity index (χ1) is 6.96. The van der Waals surface area contributed by atoms with Crippen LogP contribution in [-0.4, -0.2) is 24.2 Å². The van der Waals surface area contributed by atoms with Crippen molar-refractivity contribution in [2.24, 2.45) is 11.8 Å². The van der Waals surface area contributed by atoms with Crippen molar-refractivity contribution < 1.29 is 9.53 Å². The molecule has 1 saturated heterocycles. The van der Waals surface area contributed by atoms with Crippen molar-refractivity contribution >= 4 is 5.97 Å². The average Bonchev–Trinajstić information content (AvgIpc) is 2.39. The number of rotatable bonds is 2. The van der Waals surface area contributed by atoms with E-state index in [0.717, 1.165) is 18.9 Å². The summed E-state index contributed by atoms with van der Waals surface area (Å²) in [5.41, 5.74) is -0.339. The molecule has 15 heavy (non-hydrogen) atoms. The van der Waals surface area contributed by atoms with E-state index < -0.39 is 0 Å². The Morgan fingerprint density at radius 3 is 2.80 bits per heavy atom. The van der Waals surface area contributed by atoms with Crippen LogP contribution >= 0.6 is 0 Å². The van der Waals surface area contributed by atoms with Crippen LogP contribution < -0.4 is 5.32 Å². The van der Waals surface area contributed by atoms with Crippen LogP contribution in [0.4, 0.5) is 0 Å². The SMILES string of the molecule is CC(C)(C)OC(=O)CC1CC2NCCC12. The van der Waals surface area contributed by atoms with Gasteiger partial charge in [0.25, 0.3) is 0 Å². The van der Waals surface area contributed by atoms with Crippen LogP contribution in [0.5, 0.6) is 0 Å². The van der Waals surface area contributed by atoms with Gasteiger partial charge in [-0.2, -0.15) is 0 Å². The molecule has 2 aliphatic rings. The molecular weight excluding hydrogens is 190 g/mol. The minimum Gasteiger partial charge on any atom is -0.460 e. The Morgan fingerprint density at radius 2 is 2.20 bits per heavy atom. The smallest absolute Gasteiger partial charge is 0.306 e. The molecule has 3 nitrogen and oxygen atoms in total. The maximum Gasteiger partial charge on any atom is 0.306 e. The van der Waals surface area contributed by atoms with E-state index >= 15 is 0 Å². The molecule has 0 spiro atoms. The van der Waals surface area contributed by atoms with Crippen LogP contribution in [0.25, 0.3) is 0 Å². The van der Waals surface area contributed by atoms with Crippen molar-refractivity contribution in [1.82, 2.24) is 5.32 Å². The molecule has 2 fully saturated rings. The minimum atomic E-state index is -0.339. The van der Waals surface area contributed by atoms with Crippen molar-refractivity contribution in [2.45, 2.75) is 51.7 Å². The number of fused-ring (bicyclic) bond motifs is 1. The molecule has 3 atom stereocenters. The Balaban J connectivity index is 1.76. The van der Waals surface area contributed by atoms with Crippen LogP contribution in [0, 0.1) is 11.8 Å². The van der Waals surface area contributed by atoms with Gasteiger partial charge < -0.3 is 10.1 Å². The molecule has 0 bridgehead atoms. The molecule has 1 aliphatic carbocycles. The predicted octanol–water partition coefficient (Wildman–Crippen LogP) is 1.72. The molecule has 1 heterocycles. The molecule has 3 heteroatoms. The molecule has 86 valence electrons. The van der Waals surface area contributed by atoms with Crippen molar-refractivity contribution in [2.75, 3.05) is 6.54 Å². The Labute approximate surface area is 91.6 Å². The standard InChI is InChI=1S/C12H21NO2/c1-12(2,3)15-11(14)7-8-6-10-9(8)4-5-13-10/h8-10,13H,4-7H2,1-3H3. The molecule has 0 aromatic heterocycles. The highest BCUT2D eigenvalue weighted by Gasteiger charge is 2.44. The summed E-state index contributed by atoms with van der Waals surface area (Å²) >= 11 is 0. The third-order valence-corrected chi connectivity index (χ3v) is 3.41. The third kappa shape index (κ3) is 2.51. The second-order valence-corrected chi connectivity index (χ2v) is 5.80. The number of hydrogen-bond acceptors (Lipinski definition) is 3. The van der Waals surface area contributed by atoms with Gasteiger partial charge in [-0.3, -0.25) is 4.79 Å². The summed E-state index contributed by atoms with van der Waals surface area (Å²) in [6.45, 7) is 6.89. The number of hydrogen-bond donors (Lipinski definition) is 1. The molecule has 0 aromatic carbocycles. The van der Waals surface area contributed by atoms with Crippen LogP contribution in [0.3, 0.4) is 0 Å². The lowest BCUT2D eigenvalue weighted by Crippen LogP contribution is -2.44. The van der Waals surface area contributed by atoms with Crippen LogP contribution in [0.2, 0.25) is 0 Å². The van der Waals surface area contributed by atoms with Crippen molar-refractivity contribution in [3.63, 3.8) is 0 Å². The number of ether oxygens (including phenoxy) is 1. The summed E-state index contributed by atoms with van der Waals surface area (Å²) in [6.07, 6.45) is 3.00. The molecule has 3 unspecified atom stereocenters. The van der Waals surface area contributed by atoms with Crippen LogP contribution in [-0.2, 0) is 9.53 Å². The zero-order valence-electron chi connectivity index (χ0n) is 9.88. The van der Waals surface area contributed by atoms with E-state index in [1.807, 2.05) is 20.8 Å². The second kappa shape index (κ2) is 3.78. The van der Waals surface area contributed by atoms with Crippen molar-refractivity contribution in [3.8, 4) is 0 Å². The molecule has 1 aliphatic heterocycles. The fourth-order valence-corrected chi connectivity index (χ4v) is 2.75. The number of esters is 1. The largest absolute Gasteiger partial charge is 0.460 e. The lowest BCUT2D eigenvalue weighted by Gasteiger charge is -2.40. The zero-order chi connectivity index (χ0) is 11.1. The molecule has 2 rings (SSSR count). The summed E-state index contributed by atoms with van der Waals surface area (Å²) in [5.74, 6) is 1.27. The van der Waals surface area contributed by atoms with Crippen LogP contribution in [0.1, 0.15) is 40.0 Å². The monoisotopic (exact) mass is 211 g/mol. The maximum atomic E-state index is 11.6. The second-order valence-electron chi connectivity index (χ2n) is 5.80. The fraction of sp³-hybridized carbons (Fsp3) is 0.917. The van der Waals surface area contributed by atoms with Gasteiger partial charge in [-0.25, -0.2) is 0 Å². The van der Waals surface area contributed by atoms with Gasteiger partial charge in [-0.15, -0.1) is 0 Å². The van der Waals surface area contributed by atoms with Gasteiger partial charge >= 0.3 is 5.97 Å². The van der Waals surface area contributed by atoms with Crippen molar-refractivity contribution in [3.05, 3.63) is 0 Å². The van der Waals surface area contributed by atoms with Crippen molar-refractivity contribution in [1.29, 1.82) is 0 Å². The summed E-state index contributed by atoms with van der Waals surface area (Å²) in [6, 6.07) is 0.692. The average molecular weight is 211 g/mol. The Morgan fingerprint density at radius 1 is 1.47 bits per heavy atom. The van der Waals surface area contributed by atoms with Gasteiger partial charge in [-0.1, -0.05) is 0 Å². The molecule has 0 amide bonds. The first-order valence-corrected chi connectivity index (χ1v) is 5.91. The third-order valence-electron chi connectivity index (χ3n) is 3.41. The molecular formula is C12H21NO2. The summed E-state index contributed by atoms with van der Waals surface area (Å²) in [4.78, 5) is 11.6. The van der Waals surface area contributed by atoms with E-state index in [-0.39, 0.29) is 11.6 Å². The van der Waals surface area contributed by atoms with Gasteiger partial charge in [-0.05, 0) is 52.0 Å². The first-order valence-electron chi connectivity index (χ1n) is 5.91.